The van der Waals surface area contributed by atoms with Gasteiger partial charge in [0.25, 0.3) is 5.88 Å². The maximum Gasteiger partial charge on any atom is 0.283 e. The molecule has 0 fully saturated rings. The SMILES string of the molecule is C=C(O)[N+](C)(C)CO.[Cl-].[HH]. The minimum absolute atomic E-state index is 0. The fourth-order valence-corrected chi connectivity index (χ4v) is 0.0816. The van der Waals surface area contributed by atoms with Gasteiger partial charge in [-0.2, -0.15) is 0 Å². The van der Waals surface area contributed by atoms with E-state index in [0.29, 0.717) is 0 Å². The summed E-state index contributed by atoms with van der Waals surface area (Å²) in [4.78, 5) is 0. The normalized spacial score (nSPS) is 10.1. The van der Waals surface area contributed by atoms with E-state index >= 15 is 0 Å². The summed E-state index contributed by atoms with van der Waals surface area (Å²) in [5.41, 5.74) is 0. The Morgan fingerprint density at radius 1 is 1.67 bits per heavy atom. The van der Waals surface area contributed by atoms with Crippen molar-refractivity contribution in [3.8, 4) is 0 Å². The van der Waals surface area contributed by atoms with Crippen molar-refractivity contribution in [2.24, 2.45) is 0 Å². The van der Waals surface area contributed by atoms with Crippen LogP contribution in [0, 0.1) is 0 Å². The molecule has 0 unspecified atom stereocenters. The molecular formula is C5H14ClNO2. The Bertz CT molecular complexity index is 108. The van der Waals surface area contributed by atoms with Gasteiger partial charge in [-0.3, -0.25) is 0 Å². The van der Waals surface area contributed by atoms with Crippen LogP contribution in [0.25, 0.3) is 0 Å². The third-order valence-electron chi connectivity index (χ3n) is 1.05. The molecule has 0 spiro atoms. The molecule has 0 aliphatic rings. The summed E-state index contributed by atoms with van der Waals surface area (Å²) in [6.07, 6.45) is 0. The number of halogens is 1. The van der Waals surface area contributed by atoms with Gasteiger partial charge in [0.05, 0.1) is 14.1 Å². The molecule has 0 rings (SSSR count). The molecule has 0 amide bonds. The zero-order chi connectivity index (χ0) is 6.78. The molecule has 0 radical (unpaired) electrons. The largest absolute Gasteiger partial charge is 1.00 e. The number of hydrogen-bond acceptors (Lipinski definition) is 2. The van der Waals surface area contributed by atoms with Crippen molar-refractivity contribution in [2.75, 3.05) is 20.8 Å². The molecule has 4 heteroatoms. The Balaban J connectivity index is -0.000000245. The van der Waals surface area contributed by atoms with E-state index in [1.54, 1.807) is 14.1 Å². The molecule has 0 saturated carbocycles. The molecule has 0 aliphatic carbocycles. The molecule has 0 aliphatic heterocycles. The summed E-state index contributed by atoms with van der Waals surface area (Å²) >= 11 is 0. The lowest BCUT2D eigenvalue weighted by Gasteiger charge is -2.23. The van der Waals surface area contributed by atoms with Gasteiger partial charge >= 0.3 is 0 Å². The Hall–Kier alpha value is -0.250. The number of nitrogens with zero attached hydrogens (tertiary/aromatic N) is 1. The number of quaternary nitrogens is 1. The Labute approximate surface area is 62.7 Å². The number of hydrogen-bond donors (Lipinski definition) is 2. The first kappa shape index (κ1) is 11.5. The summed E-state index contributed by atoms with van der Waals surface area (Å²) in [6.45, 7) is 3.14. The van der Waals surface area contributed by atoms with E-state index in [1.165, 1.54) is 0 Å². The fourth-order valence-electron chi connectivity index (χ4n) is 0.0816. The van der Waals surface area contributed by atoms with Gasteiger partial charge in [0.1, 0.15) is 0 Å². The highest BCUT2D eigenvalue weighted by Crippen LogP contribution is 2.01. The second kappa shape index (κ2) is 3.71. The highest BCUT2D eigenvalue weighted by molar-refractivity contribution is 4.61. The van der Waals surface area contributed by atoms with E-state index in [4.69, 9.17) is 10.2 Å². The first-order chi connectivity index (χ1) is 3.50. The molecule has 3 nitrogen and oxygen atoms in total. The Morgan fingerprint density at radius 2 is 2.00 bits per heavy atom. The van der Waals surface area contributed by atoms with Gasteiger partial charge in [-0.15, -0.1) is 0 Å². The van der Waals surface area contributed by atoms with Crippen molar-refractivity contribution < 1.29 is 28.5 Å². The average Bonchev–Trinajstić information content (AvgIpc) is 1.67. The lowest BCUT2D eigenvalue weighted by Crippen LogP contribution is -3.00. The van der Waals surface area contributed by atoms with Gasteiger partial charge in [-0.25, -0.2) is 4.48 Å². The van der Waals surface area contributed by atoms with Gasteiger partial charge in [0.15, 0.2) is 6.73 Å². The molecule has 9 heavy (non-hydrogen) atoms. The molecule has 0 heterocycles. The van der Waals surface area contributed by atoms with E-state index in [-0.39, 0.29) is 30.9 Å². The van der Waals surface area contributed by atoms with E-state index in [0.717, 1.165) is 0 Å². The predicted molar refractivity (Wildman–Crippen MR) is 33.1 cm³/mol. The minimum atomic E-state index is -0.130. The standard InChI is InChI=1S/C5H11NO2.ClH.H2/c1-5(8)6(2,3)4-7;;/h7H,1,4H2,2-3H3;2*1H. The Morgan fingerprint density at radius 3 is 2.00 bits per heavy atom. The highest BCUT2D eigenvalue weighted by atomic mass is 35.5. The fraction of sp³-hybridized carbons (Fsp3) is 0.600. The Kier molecular flexibility index (Phi) is 4.76. The monoisotopic (exact) mass is 155 g/mol. The summed E-state index contributed by atoms with van der Waals surface area (Å²) in [7, 11) is 3.31. The molecule has 0 aromatic carbocycles. The molecule has 58 valence electrons. The maximum absolute atomic E-state index is 8.70. The zero-order valence-electron chi connectivity index (χ0n) is 5.63. The van der Waals surface area contributed by atoms with Crippen molar-refractivity contribution in [3.63, 3.8) is 0 Å². The molecule has 0 aromatic heterocycles. The highest BCUT2D eigenvalue weighted by Gasteiger charge is 2.16. The quantitative estimate of drug-likeness (QED) is 0.259. The number of aliphatic hydroxyl groups is 2. The summed E-state index contributed by atoms with van der Waals surface area (Å²) in [6, 6.07) is 0. The van der Waals surface area contributed by atoms with Crippen LogP contribution in [0.15, 0.2) is 12.5 Å². The number of rotatable bonds is 2. The number of aliphatic hydroxyl groups excluding tert-OH is 2. The first-order valence-corrected chi connectivity index (χ1v) is 2.33. The molecular weight excluding hydrogens is 142 g/mol. The van der Waals surface area contributed by atoms with Crippen LogP contribution in [0.2, 0.25) is 0 Å². The van der Waals surface area contributed by atoms with Gasteiger partial charge in [-0.1, -0.05) is 0 Å². The summed E-state index contributed by atoms with van der Waals surface area (Å²) < 4.78 is 0.0417. The van der Waals surface area contributed by atoms with Gasteiger partial charge in [0.2, 0.25) is 0 Å². The van der Waals surface area contributed by atoms with Crippen LogP contribution < -0.4 is 12.4 Å². The van der Waals surface area contributed by atoms with Crippen LogP contribution >= 0.6 is 0 Å². The summed E-state index contributed by atoms with van der Waals surface area (Å²) in [5.74, 6) is -0.0347. The van der Waals surface area contributed by atoms with Crippen LogP contribution in [-0.2, 0) is 0 Å². The zero-order valence-corrected chi connectivity index (χ0v) is 6.39. The van der Waals surface area contributed by atoms with Gasteiger partial charge in [-0.05, 0) is 0 Å². The second-order valence-electron chi connectivity index (χ2n) is 2.24. The third kappa shape index (κ3) is 3.35. The molecule has 0 aromatic rings. The van der Waals surface area contributed by atoms with Crippen LogP contribution in [0.3, 0.4) is 0 Å². The van der Waals surface area contributed by atoms with Crippen LogP contribution in [0.1, 0.15) is 1.43 Å². The maximum atomic E-state index is 8.70. The second-order valence-corrected chi connectivity index (χ2v) is 2.24. The van der Waals surface area contributed by atoms with Crippen molar-refractivity contribution >= 4 is 0 Å². The first-order valence-electron chi connectivity index (χ1n) is 2.33. The van der Waals surface area contributed by atoms with Crippen molar-refractivity contribution in [1.29, 1.82) is 0 Å². The van der Waals surface area contributed by atoms with E-state index in [1.807, 2.05) is 0 Å². The van der Waals surface area contributed by atoms with Crippen molar-refractivity contribution in [3.05, 3.63) is 12.5 Å². The average molecular weight is 156 g/mol. The van der Waals surface area contributed by atoms with E-state index < -0.39 is 0 Å². The van der Waals surface area contributed by atoms with Crippen LogP contribution in [0.5, 0.6) is 0 Å². The predicted octanol–water partition coefficient (Wildman–Crippen LogP) is -2.71. The van der Waals surface area contributed by atoms with Crippen LogP contribution in [-0.4, -0.2) is 35.5 Å². The van der Waals surface area contributed by atoms with Gasteiger partial charge in [0, 0.05) is 8.01 Å². The lowest BCUT2D eigenvalue weighted by atomic mass is 10.6. The summed E-state index contributed by atoms with van der Waals surface area (Å²) in [5, 5.41) is 17.2. The molecule has 2 N–H and O–H groups in total. The molecule has 0 bridgehead atoms. The van der Waals surface area contributed by atoms with Crippen molar-refractivity contribution in [2.45, 2.75) is 0 Å². The van der Waals surface area contributed by atoms with Crippen LogP contribution in [0.4, 0.5) is 0 Å². The lowest BCUT2D eigenvalue weighted by molar-refractivity contribution is -0.886. The van der Waals surface area contributed by atoms with E-state index in [9.17, 15) is 0 Å². The molecule has 0 saturated heterocycles. The topological polar surface area (TPSA) is 40.5 Å². The van der Waals surface area contributed by atoms with Gasteiger partial charge < -0.3 is 22.6 Å². The van der Waals surface area contributed by atoms with Crippen molar-refractivity contribution in [1.82, 2.24) is 0 Å². The van der Waals surface area contributed by atoms with E-state index in [2.05, 4.69) is 6.58 Å². The smallest absolute Gasteiger partial charge is 0.283 e. The minimum Gasteiger partial charge on any atom is -1.00 e. The third-order valence-corrected chi connectivity index (χ3v) is 1.05. The molecule has 0 atom stereocenters.